The van der Waals surface area contributed by atoms with Crippen LogP contribution in [0.4, 0.5) is 5.82 Å². The molecule has 25 heavy (non-hydrogen) atoms. The Morgan fingerprint density at radius 2 is 2.08 bits per heavy atom. The normalized spacial score (nSPS) is 22.4. The molecule has 5 heteroatoms. The molecule has 1 aliphatic heterocycles. The molecule has 1 fully saturated rings. The first kappa shape index (κ1) is 18.2. The van der Waals surface area contributed by atoms with E-state index < -0.39 is 0 Å². The number of nitrogens with zero attached hydrogens (tertiary/aromatic N) is 3. The number of carbonyl (C=O) groups is 1. The summed E-state index contributed by atoms with van der Waals surface area (Å²) in [4.78, 5) is 14.7. The van der Waals surface area contributed by atoms with E-state index in [-0.39, 0.29) is 5.91 Å². The number of carbonyl (C=O) groups excluding carboxylic acids is 1. The number of nitrogens with one attached hydrogen (secondary N) is 1. The molecule has 2 aliphatic rings. The molecule has 1 atom stereocenters. The van der Waals surface area contributed by atoms with E-state index in [1.54, 1.807) is 6.20 Å². The molecule has 1 amide bonds. The predicted molar refractivity (Wildman–Crippen MR) is 102 cm³/mol. The molecule has 1 aromatic heterocycles. The van der Waals surface area contributed by atoms with Crippen LogP contribution in [-0.4, -0.2) is 40.2 Å². The summed E-state index contributed by atoms with van der Waals surface area (Å²) in [6.45, 7) is 7.62. The summed E-state index contributed by atoms with van der Waals surface area (Å²) >= 11 is 0. The molecular formula is C20H32N4O. The number of allylic oxidation sites excluding steroid dienone is 2. The topological polar surface area (TPSA) is 50.2 Å². The quantitative estimate of drug-likeness (QED) is 0.797. The molecule has 138 valence electrons. The lowest BCUT2D eigenvalue weighted by molar-refractivity contribution is -0.116. The monoisotopic (exact) mass is 344 g/mol. The first-order valence-electron chi connectivity index (χ1n) is 9.82. The van der Waals surface area contributed by atoms with Gasteiger partial charge in [0.15, 0.2) is 0 Å². The maximum absolute atomic E-state index is 12.1. The molecule has 3 rings (SSSR count). The van der Waals surface area contributed by atoms with Crippen LogP contribution in [0.15, 0.2) is 24.4 Å². The Bertz CT molecular complexity index is 584. The van der Waals surface area contributed by atoms with Gasteiger partial charge in [-0.15, -0.1) is 0 Å². The summed E-state index contributed by atoms with van der Waals surface area (Å²) < 4.78 is 2.03. The van der Waals surface area contributed by atoms with Gasteiger partial charge in [0.05, 0.1) is 12.2 Å². The molecule has 1 N–H and O–H groups in total. The molecule has 0 spiro atoms. The highest BCUT2D eigenvalue weighted by Gasteiger charge is 2.25. The van der Waals surface area contributed by atoms with Crippen molar-refractivity contribution in [2.45, 2.75) is 58.4 Å². The highest BCUT2D eigenvalue weighted by atomic mass is 16.1. The summed E-state index contributed by atoms with van der Waals surface area (Å²) in [5, 5.41) is 7.52. The number of aromatic nitrogens is 2. The van der Waals surface area contributed by atoms with Gasteiger partial charge >= 0.3 is 0 Å². The average molecular weight is 345 g/mol. The molecule has 1 aromatic rings. The van der Waals surface area contributed by atoms with Gasteiger partial charge in [-0.05, 0) is 43.9 Å². The van der Waals surface area contributed by atoms with E-state index >= 15 is 0 Å². The van der Waals surface area contributed by atoms with Gasteiger partial charge in [-0.2, -0.15) is 5.10 Å². The first-order valence-corrected chi connectivity index (χ1v) is 9.82. The summed E-state index contributed by atoms with van der Waals surface area (Å²) in [5.41, 5.74) is 0. The molecule has 2 heterocycles. The van der Waals surface area contributed by atoms with Gasteiger partial charge in [0.2, 0.25) is 5.91 Å². The van der Waals surface area contributed by atoms with Crippen LogP contribution in [0.5, 0.6) is 0 Å². The molecule has 0 unspecified atom stereocenters. The van der Waals surface area contributed by atoms with Crippen molar-refractivity contribution in [3.63, 3.8) is 0 Å². The third kappa shape index (κ3) is 5.18. The van der Waals surface area contributed by atoms with Gasteiger partial charge < -0.3 is 10.2 Å². The molecule has 5 nitrogen and oxygen atoms in total. The Balaban J connectivity index is 1.50. The second-order valence-electron chi connectivity index (χ2n) is 7.99. The lowest BCUT2D eigenvalue weighted by Gasteiger charge is -2.35. The van der Waals surface area contributed by atoms with E-state index in [2.05, 4.69) is 41.3 Å². The van der Waals surface area contributed by atoms with E-state index in [0.29, 0.717) is 18.4 Å². The van der Waals surface area contributed by atoms with E-state index in [4.69, 9.17) is 0 Å². The van der Waals surface area contributed by atoms with Crippen molar-refractivity contribution < 1.29 is 4.79 Å². The van der Waals surface area contributed by atoms with Crippen molar-refractivity contribution in [2.24, 2.45) is 11.8 Å². The summed E-state index contributed by atoms with van der Waals surface area (Å²) in [6, 6.07) is 2.31. The minimum Gasteiger partial charge on any atom is -0.311 e. The van der Waals surface area contributed by atoms with Crippen molar-refractivity contribution in [2.75, 3.05) is 25.0 Å². The average Bonchev–Trinajstić information content (AvgIpc) is 3.04. The van der Waals surface area contributed by atoms with Crippen molar-refractivity contribution >= 4 is 11.7 Å². The third-order valence-corrected chi connectivity index (χ3v) is 5.33. The molecule has 1 aliphatic carbocycles. The fraction of sp³-hybridized carbons (Fsp3) is 0.700. The van der Waals surface area contributed by atoms with Crippen LogP contribution in [0.2, 0.25) is 0 Å². The Hall–Kier alpha value is -1.62. The van der Waals surface area contributed by atoms with Gasteiger partial charge in [0.25, 0.3) is 0 Å². The zero-order valence-electron chi connectivity index (χ0n) is 15.7. The van der Waals surface area contributed by atoms with Crippen LogP contribution in [0.1, 0.15) is 58.4 Å². The van der Waals surface area contributed by atoms with E-state index in [1.165, 1.54) is 25.8 Å². The van der Waals surface area contributed by atoms with Crippen LogP contribution in [0, 0.1) is 11.8 Å². The minimum absolute atomic E-state index is 0.0829. The molecule has 1 saturated heterocycles. The maximum Gasteiger partial charge on any atom is 0.225 e. The van der Waals surface area contributed by atoms with Crippen molar-refractivity contribution in [3.8, 4) is 0 Å². The molecule has 0 bridgehead atoms. The van der Waals surface area contributed by atoms with Crippen molar-refractivity contribution in [3.05, 3.63) is 24.4 Å². The van der Waals surface area contributed by atoms with Crippen molar-refractivity contribution in [1.29, 1.82) is 0 Å². The molecule has 0 aromatic carbocycles. The number of amides is 1. The third-order valence-electron chi connectivity index (χ3n) is 5.33. The zero-order valence-corrected chi connectivity index (χ0v) is 15.7. The number of hydrogen-bond donors (Lipinski definition) is 1. The molecule has 0 radical (unpaired) electrons. The van der Waals surface area contributed by atoms with Crippen LogP contribution < -0.4 is 5.32 Å². The highest BCUT2D eigenvalue weighted by molar-refractivity contribution is 5.89. The largest absolute Gasteiger partial charge is 0.311 e. The summed E-state index contributed by atoms with van der Waals surface area (Å²) in [5.74, 6) is 2.13. The Labute approximate surface area is 151 Å². The van der Waals surface area contributed by atoms with Gasteiger partial charge in [-0.3, -0.25) is 4.79 Å². The molecule has 0 saturated carbocycles. The van der Waals surface area contributed by atoms with Gasteiger partial charge in [0.1, 0.15) is 5.82 Å². The van der Waals surface area contributed by atoms with Crippen LogP contribution >= 0.6 is 0 Å². The zero-order chi connectivity index (χ0) is 17.6. The van der Waals surface area contributed by atoms with E-state index in [9.17, 15) is 4.79 Å². The fourth-order valence-corrected chi connectivity index (χ4v) is 4.00. The maximum atomic E-state index is 12.1. The first-order chi connectivity index (χ1) is 12.1. The summed E-state index contributed by atoms with van der Waals surface area (Å²) in [6.07, 6.45) is 13.0. The van der Waals surface area contributed by atoms with Gasteiger partial charge in [0, 0.05) is 32.1 Å². The van der Waals surface area contributed by atoms with E-state index in [0.717, 1.165) is 37.7 Å². The highest BCUT2D eigenvalue weighted by Crippen LogP contribution is 2.27. The SMILES string of the molecule is CC(C)CC(=O)Nc1ccnn1C1CCN(C[C@@H]2CC=CCC2)CC1. The summed E-state index contributed by atoms with van der Waals surface area (Å²) in [7, 11) is 0. The van der Waals surface area contributed by atoms with Crippen molar-refractivity contribution in [1.82, 2.24) is 14.7 Å². The van der Waals surface area contributed by atoms with E-state index in [1.807, 2.05) is 10.7 Å². The van der Waals surface area contributed by atoms with Gasteiger partial charge in [-0.1, -0.05) is 26.0 Å². The van der Waals surface area contributed by atoms with Crippen LogP contribution in [0.3, 0.4) is 0 Å². The lowest BCUT2D eigenvalue weighted by Crippen LogP contribution is -2.38. The number of anilines is 1. The fourth-order valence-electron chi connectivity index (χ4n) is 4.00. The van der Waals surface area contributed by atoms with Gasteiger partial charge in [-0.25, -0.2) is 4.68 Å². The Morgan fingerprint density at radius 1 is 1.28 bits per heavy atom. The standard InChI is InChI=1S/C20H32N4O/c1-16(2)14-20(25)22-19-8-11-21-24(19)18-9-12-23(13-10-18)15-17-6-4-3-5-7-17/h3-4,8,11,16-18H,5-7,9-10,12-15H2,1-2H3,(H,22,25)/t17-/m1/s1. The van der Waals surface area contributed by atoms with Crippen LogP contribution in [-0.2, 0) is 4.79 Å². The number of rotatable bonds is 6. The van der Waals surface area contributed by atoms with Crippen LogP contribution in [0.25, 0.3) is 0 Å². The number of likely N-dealkylation sites (tertiary alicyclic amines) is 1. The second-order valence-corrected chi connectivity index (χ2v) is 7.99. The predicted octanol–water partition coefficient (Wildman–Crippen LogP) is 3.86. The second kappa shape index (κ2) is 8.65. The smallest absolute Gasteiger partial charge is 0.225 e. The number of hydrogen-bond acceptors (Lipinski definition) is 3. The lowest BCUT2D eigenvalue weighted by atomic mass is 9.93. The Morgan fingerprint density at radius 3 is 2.76 bits per heavy atom. The molecular weight excluding hydrogens is 312 g/mol. The number of piperidine rings is 1. The minimum atomic E-state index is 0.0829. The Kier molecular flexibility index (Phi) is 6.29.